The molecule has 0 amide bonds. The summed E-state index contributed by atoms with van der Waals surface area (Å²) in [6.45, 7) is 2.06. The van der Waals surface area contributed by atoms with Gasteiger partial charge in [-0.25, -0.2) is 0 Å². The summed E-state index contributed by atoms with van der Waals surface area (Å²) in [6, 6.07) is 8.59. The predicted octanol–water partition coefficient (Wildman–Crippen LogP) is 3.37. The van der Waals surface area contributed by atoms with E-state index < -0.39 is 0 Å². The quantitative estimate of drug-likeness (QED) is 0.881. The summed E-state index contributed by atoms with van der Waals surface area (Å²) in [6.07, 6.45) is 5.18. The van der Waals surface area contributed by atoms with Crippen molar-refractivity contribution >= 4 is 17.3 Å². The number of fused-ring (bicyclic) bond motifs is 2. The normalized spacial score (nSPS) is 30.8. The Kier molecular flexibility index (Phi) is 3.25. The number of piperidine rings is 1. The Labute approximate surface area is 114 Å². The lowest BCUT2D eigenvalue weighted by atomic mass is 9.96. The number of hydrogen-bond donors (Lipinski definition) is 1. The second-order valence-electron chi connectivity index (χ2n) is 5.68. The second-order valence-corrected chi connectivity index (χ2v) is 6.09. The van der Waals surface area contributed by atoms with Crippen LogP contribution in [0.5, 0.6) is 0 Å². The summed E-state index contributed by atoms with van der Waals surface area (Å²) in [5, 5.41) is 4.34. The Morgan fingerprint density at radius 3 is 2.44 bits per heavy atom. The number of nitrogens with zero attached hydrogens (tertiary/aromatic N) is 1. The average molecular weight is 265 g/mol. The van der Waals surface area contributed by atoms with Crippen LogP contribution in [0.4, 0.5) is 5.69 Å². The first-order chi connectivity index (χ1) is 8.69. The van der Waals surface area contributed by atoms with Crippen molar-refractivity contribution in [3.05, 3.63) is 28.8 Å². The van der Waals surface area contributed by atoms with Crippen LogP contribution in [0.25, 0.3) is 0 Å². The van der Waals surface area contributed by atoms with E-state index in [9.17, 15) is 0 Å². The molecule has 2 nitrogen and oxygen atoms in total. The van der Waals surface area contributed by atoms with Gasteiger partial charge in [0.2, 0.25) is 0 Å². The number of rotatable bonds is 2. The van der Waals surface area contributed by atoms with Gasteiger partial charge in [-0.05, 0) is 57.4 Å². The highest BCUT2D eigenvalue weighted by Gasteiger charge is 2.40. The number of anilines is 1. The van der Waals surface area contributed by atoms with Crippen LogP contribution >= 0.6 is 11.6 Å². The maximum absolute atomic E-state index is 6.27. The second kappa shape index (κ2) is 4.75. The van der Waals surface area contributed by atoms with Gasteiger partial charge in [0.1, 0.15) is 0 Å². The lowest BCUT2D eigenvalue weighted by Crippen LogP contribution is -2.48. The molecule has 1 N–H and O–H groups in total. The highest BCUT2D eigenvalue weighted by atomic mass is 35.5. The standard InChI is InChI=1S/C15H21ClN2/c1-10-3-4-14(9-15(10)16)18-12-5-6-13(18)8-11(7-12)17-2/h3-4,9,11-13,17H,5-8H2,1-2H3. The summed E-state index contributed by atoms with van der Waals surface area (Å²) >= 11 is 6.27. The Balaban J connectivity index is 1.87. The van der Waals surface area contributed by atoms with Crippen LogP contribution in [0.15, 0.2) is 18.2 Å². The topological polar surface area (TPSA) is 15.3 Å². The van der Waals surface area contributed by atoms with Crippen molar-refractivity contribution in [3.63, 3.8) is 0 Å². The van der Waals surface area contributed by atoms with E-state index >= 15 is 0 Å². The Morgan fingerprint density at radius 2 is 1.89 bits per heavy atom. The largest absolute Gasteiger partial charge is 0.365 e. The molecule has 2 atom stereocenters. The number of benzene rings is 1. The van der Waals surface area contributed by atoms with E-state index in [1.54, 1.807) is 0 Å². The monoisotopic (exact) mass is 264 g/mol. The minimum Gasteiger partial charge on any atom is -0.365 e. The van der Waals surface area contributed by atoms with E-state index in [-0.39, 0.29) is 0 Å². The molecule has 0 radical (unpaired) electrons. The number of aryl methyl sites for hydroxylation is 1. The van der Waals surface area contributed by atoms with E-state index in [2.05, 4.69) is 42.4 Å². The molecular weight excluding hydrogens is 244 g/mol. The lowest BCUT2D eigenvalue weighted by Gasteiger charge is -2.40. The fourth-order valence-corrected chi connectivity index (χ4v) is 3.75. The van der Waals surface area contributed by atoms with Gasteiger partial charge in [-0.15, -0.1) is 0 Å². The molecular formula is C15H21ClN2. The van der Waals surface area contributed by atoms with Crippen molar-refractivity contribution < 1.29 is 0 Å². The molecule has 3 rings (SSSR count). The molecule has 1 aromatic rings. The molecule has 18 heavy (non-hydrogen) atoms. The highest BCUT2D eigenvalue weighted by Crippen LogP contribution is 2.40. The van der Waals surface area contributed by atoms with Crippen LogP contribution in [0.2, 0.25) is 5.02 Å². The summed E-state index contributed by atoms with van der Waals surface area (Å²) < 4.78 is 0. The predicted molar refractivity (Wildman–Crippen MR) is 77.6 cm³/mol. The van der Waals surface area contributed by atoms with Gasteiger partial charge in [-0.3, -0.25) is 0 Å². The van der Waals surface area contributed by atoms with Crippen LogP contribution in [0.1, 0.15) is 31.2 Å². The molecule has 3 heteroatoms. The Bertz CT molecular complexity index is 432. The van der Waals surface area contributed by atoms with Crippen LogP contribution in [0, 0.1) is 6.92 Å². The van der Waals surface area contributed by atoms with E-state index in [1.807, 2.05) is 0 Å². The fraction of sp³-hybridized carbons (Fsp3) is 0.600. The van der Waals surface area contributed by atoms with Crippen molar-refractivity contribution in [2.75, 3.05) is 11.9 Å². The van der Waals surface area contributed by atoms with E-state index in [1.165, 1.54) is 31.4 Å². The number of nitrogens with one attached hydrogen (secondary N) is 1. The minimum atomic E-state index is 0.694. The van der Waals surface area contributed by atoms with E-state index in [4.69, 9.17) is 11.6 Å². The Morgan fingerprint density at radius 1 is 1.22 bits per heavy atom. The molecule has 2 saturated heterocycles. The van der Waals surface area contributed by atoms with Crippen LogP contribution in [-0.4, -0.2) is 25.2 Å². The summed E-state index contributed by atoms with van der Waals surface area (Å²) in [7, 11) is 2.09. The van der Waals surface area contributed by atoms with Gasteiger partial charge in [0.05, 0.1) is 0 Å². The smallest absolute Gasteiger partial charge is 0.0455 e. The van der Waals surface area contributed by atoms with Crippen LogP contribution in [0.3, 0.4) is 0 Å². The molecule has 0 aliphatic carbocycles. The van der Waals surface area contributed by atoms with Crippen molar-refractivity contribution in [3.8, 4) is 0 Å². The molecule has 2 bridgehead atoms. The minimum absolute atomic E-state index is 0.694. The van der Waals surface area contributed by atoms with Crippen LogP contribution < -0.4 is 10.2 Å². The summed E-state index contributed by atoms with van der Waals surface area (Å²) in [5.74, 6) is 0. The maximum atomic E-state index is 6.27. The van der Waals surface area contributed by atoms with Gasteiger partial charge in [0, 0.05) is 28.8 Å². The number of halogens is 1. The molecule has 2 heterocycles. The summed E-state index contributed by atoms with van der Waals surface area (Å²) in [5.41, 5.74) is 2.48. The lowest BCUT2D eigenvalue weighted by molar-refractivity contribution is 0.374. The van der Waals surface area contributed by atoms with Gasteiger partial charge in [0.25, 0.3) is 0 Å². The molecule has 2 fully saturated rings. The maximum Gasteiger partial charge on any atom is 0.0455 e. The van der Waals surface area contributed by atoms with Crippen molar-refractivity contribution in [2.24, 2.45) is 0 Å². The van der Waals surface area contributed by atoms with Gasteiger partial charge < -0.3 is 10.2 Å². The van der Waals surface area contributed by atoms with Gasteiger partial charge >= 0.3 is 0 Å². The molecule has 98 valence electrons. The molecule has 2 aliphatic rings. The van der Waals surface area contributed by atoms with Crippen molar-refractivity contribution in [2.45, 2.75) is 50.7 Å². The third kappa shape index (κ3) is 2.02. The van der Waals surface area contributed by atoms with E-state index in [0.29, 0.717) is 18.1 Å². The first kappa shape index (κ1) is 12.3. The molecule has 0 aromatic heterocycles. The zero-order valence-corrected chi connectivity index (χ0v) is 11.9. The van der Waals surface area contributed by atoms with Crippen molar-refractivity contribution in [1.29, 1.82) is 0 Å². The first-order valence-electron chi connectivity index (χ1n) is 6.91. The van der Waals surface area contributed by atoms with E-state index in [0.717, 1.165) is 10.6 Å². The fourth-order valence-electron chi connectivity index (χ4n) is 3.58. The molecule has 0 saturated carbocycles. The van der Waals surface area contributed by atoms with Gasteiger partial charge in [-0.2, -0.15) is 0 Å². The summed E-state index contributed by atoms with van der Waals surface area (Å²) in [4.78, 5) is 2.61. The molecule has 2 aliphatic heterocycles. The molecule has 1 aromatic carbocycles. The SMILES string of the molecule is CNC1CC2CCC(C1)N2c1ccc(C)c(Cl)c1. The number of hydrogen-bond acceptors (Lipinski definition) is 2. The van der Waals surface area contributed by atoms with Crippen molar-refractivity contribution in [1.82, 2.24) is 5.32 Å². The van der Waals surface area contributed by atoms with Gasteiger partial charge in [0.15, 0.2) is 0 Å². The zero-order chi connectivity index (χ0) is 12.7. The van der Waals surface area contributed by atoms with Crippen LogP contribution in [-0.2, 0) is 0 Å². The Hall–Kier alpha value is -0.730. The molecule has 0 spiro atoms. The third-order valence-corrected chi connectivity index (χ3v) is 5.00. The zero-order valence-electron chi connectivity index (χ0n) is 11.1. The first-order valence-corrected chi connectivity index (χ1v) is 7.28. The average Bonchev–Trinajstić information content (AvgIpc) is 2.64. The highest BCUT2D eigenvalue weighted by molar-refractivity contribution is 6.31. The third-order valence-electron chi connectivity index (χ3n) is 4.59. The molecule has 2 unspecified atom stereocenters. The van der Waals surface area contributed by atoms with Gasteiger partial charge in [-0.1, -0.05) is 17.7 Å².